The third-order valence-electron chi connectivity index (χ3n) is 3.08. The molecule has 2 aromatic heterocycles. The minimum Gasteiger partial charge on any atom is -0.369 e. The summed E-state index contributed by atoms with van der Waals surface area (Å²) in [5, 5.41) is 3.39. The molecule has 0 aromatic carbocycles. The topological polar surface area (TPSA) is 55.6 Å². The molecule has 0 aliphatic rings. The lowest BCUT2D eigenvalue weighted by Gasteiger charge is -2.12. The molecule has 2 heterocycles. The maximum absolute atomic E-state index is 4.69. The van der Waals surface area contributed by atoms with Gasteiger partial charge in [-0.2, -0.15) is 0 Å². The van der Waals surface area contributed by atoms with Crippen molar-refractivity contribution in [3.05, 3.63) is 21.8 Å². The molecule has 108 valence electrons. The zero-order chi connectivity index (χ0) is 14.5. The number of aromatic nitrogens is 4. The molecule has 2 rings (SSSR count). The molecule has 0 spiro atoms. The van der Waals surface area contributed by atoms with E-state index in [1.807, 2.05) is 12.5 Å². The van der Waals surface area contributed by atoms with Crippen molar-refractivity contribution >= 4 is 28.4 Å². The van der Waals surface area contributed by atoms with Crippen molar-refractivity contribution in [1.82, 2.24) is 19.5 Å². The van der Waals surface area contributed by atoms with Crippen molar-refractivity contribution < 1.29 is 0 Å². The highest BCUT2D eigenvalue weighted by Crippen LogP contribution is 2.24. The minimum atomic E-state index is 0.750. The third-order valence-corrected chi connectivity index (χ3v) is 4.21. The lowest BCUT2D eigenvalue weighted by atomic mass is 10.3. The van der Waals surface area contributed by atoms with Crippen molar-refractivity contribution in [1.29, 1.82) is 0 Å². The van der Waals surface area contributed by atoms with Crippen molar-refractivity contribution in [2.75, 3.05) is 11.9 Å². The first-order chi connectivity index (χ1) is 9.71. The predicted molar refractivity (Wildman–Crippen MR) is 89.8 cm³/mol. The van der Waals surface area contributed by atoms with E-state index in [2.05, 4.69) is 63.2 Å². The zero-order valence-corrected chi connectivity index (χ0v) is 14.3. The first kappa shape index (κ1) is 15.2. The SMILES string of the molecule is CCCNc1nc(-c2cncn2CC)nc(CC)c1I. The van der Waals surface area contributed by atoms with Gasteiger partial charge in [0.1, 0.15) is 11.5 Å². The van der Waals surface area contributed by atoms with Crippen molar-refractivity contribution in [3.63, 3.8) is 0 Å². The van der Waals surface area contributed by atoms with Crippen LogP contribution in [0.4, 0.5) is 5.82 Å². The smallest absolute Gasteiger partial charge is 0.180 e. The number of nitrogens with zero attached hydrogens (tertiary/aromatic N) is 4. The summed E-state index contributed by atoms with van der Waals surface area (Å²) in [7, 11) is 0. The van der Waals surface area contributed by atoms with Gasteiger partial charge in [-0.1, -0.05) is 13.8 Å². The molecule has 0 fully saturated rings. The Morgan fingerprint density at radius 1 is 1.25 bits per heavy atom. The molecular weight excluding hydrogens is 365 g/mol. The number of halogens is 1. The Hall–Kier alpha value is -1.18. The van der Waals surface area contributed by atoms with E-state index in [0.717, 1.165) is 52.5 Å². The highest BCUT2D eigenvalue weighted by atomic mass is 127. The quantitative estimate of drug-likeness (QED) is 0.775. The Kier molecular flexibility index (Phi) is 5.33. The van der Waals surface area contributed by atoms with Crippen LogP contribution in [0.15, 0.2) is 12.5 Å². The molecule has 0 amide bonds. The van der Waals surface area contributed by atoms with Crippen LogP contribution in [0.3, 0.4) is 0 Å². The van der Waals surface area contributed by atoms with Gasteiger partial charge in [-0.15, -0.1) is 0 Å². The third kappa shape index (κ3) is 3.11. The molecule has 0 bridgehead atoms. The maximum Gasteiger partial charge on any atom is 0.180 e. The summed E-state index contributed by atoms with van der Waals surface area (Å²) < 4.78 is 3.18. The average Bonchev–Trinajstić information content (AvgIpc) is 2.94. The standard InChI is InChI=1S/C14H20IN5/c1-4-7-17-14-12(15)10(5-2)18-13(19-14)11-8-16-9-20(11)6-3/h8-9H,4-7H2,1-3H3,(H,17,18,19). The van der Waals surface area contributed by atoms with Crippen LogP contribution in [0.1, 0.15) is 32.9 Å². The molecule has 2 aromatic rings. The summed E-state index contributed by atoms with van der Waals surface area (Å²) in [6, 6.07) is 0. The van der Waals surface area contributed by atoms with E-state index in [1.165, 1.54) is 0 Å². The normalized spacial score (nSPS) is 10.8. The van der Waals surface area contributed by atoms with Gasteiger partial charge in [0, 0.05) is 13.1 Å². The number of hydrogen-bond acceptors (Lipinski definition) is 4. The van der Waals surface area contributed by atoms with Gasteiger partial charge in [-0.3, -0.25) is 0 Å². The second-order valence-corrected chi connectivity index (χ2v) is 5.58. The number of hydrogen-bond donors (Lipinski definition) is 1. The molecule has 0 atom stereocenters. The lowest BCUT2D eigenvalue weighted by Crippen LogP contribution is -2.10. The molecule has 0 radical (unpaired) electrons. The second kappa shape index (κ2) is 7.01. The molecule has 20 heavy (non-hydrogen) atoms. The van der Waals surface area contributed by atoms with Crippen LogP contribution in [0, 0.1) is 3.57 Å². The van der Waals surface area contributed by atoms with Crippen LogP contribution in [0.5, 0.6) is 0 Å². The lowest BCUT2D eigenvalue weighted by molar-refractivity contribution is 0.762. The number of anilines is 1. The van der Waals surface area contributed by atoms with E-state index < -0.39 is 0 Å². The van der Waals surface area contributed by atoms with Gasteiger partial charge >= 0.3 is 0 Å². The number of rotatable bonds is 6. The summed E-state index contributed by atoms with van der Waals surface area (Å²) in [6.45, 7) is 8.14. The van der Waals surface area contributed by atoms with E-state index >= 15 is 0 Å². The fourth-order valence-corrected chi connectivity index (χ4v) is 2.78. The average molecular weight is 385 g/mol. The Bertz CT molecular complexity index is 579. The van der Waals surface area contributed by atoms with Crippen LogP contribution < -0.4 is 5.32 Å². The van der Waals surface area contributed by atoms with Gasteiger partial charge < -0.3 is 9.88 Å². The molecule has 6 heteroatoms. The van der Waals surface area contributed by atoms with Gasteiger partial charge in [0.05, 0.1) is 21.8 Å². The Morgan fingerprint density at radius 3 is 2.70 bits per heavy atom. The van der Waals surface area contributed by atoms with Crippen molar-refractivity contribution in [2.24, 2.45) is 0 Å². The van der Waals surface area contributed by atoms with Gasteiger partial charge in [-0.05, 0) is 42.4 Å². The first-order valence-electron chi connectivity index (χ1n) is 7.01. The minimum absolute atomic E-state index is 0.750. The van der Waals surface area contributed by atoms with E-state index in [9.17, 15) is 0 Å². The number of aryl methyl sites for hydroxylation is 2. The van der Waals surface area contributed by atoms with Crippen LogP contribution in [0.25, 0.3) is 11.5 Å². The summed E-state index contributed by atoms with van der Waals surface area (Å²) in [5.74, 6) is 1.68. The molecular formula is C14H20IN5. The van der Waals surface area contributed by atoms with Crippen LogP contribution >= 0.6 is 22.6 Å². The highest BCUT2D eigenvalue weighted by Gasteiger charge is 2.14. The van der Waals surface area contributed by atoms with Gasteiger partial charge in [0.2, 0.25) is 0 Å². The highest BCUT2D eigenvalue weighted by molar-refractivity contribution is 14.1. The Morgan fingerprint density at radius 2 is 2.05 bits per heavy atom. The summed E-state index contributed by atoms with van der Waals surface area (Å²) in [6.07, 6.45) is 5.62. The van der Waals surface area contributed by atoms with Gasteiger partial charge in [0.25, 0.3) is 0 Å². The Balaban J connectivity index is 2.48. The summed E-state index contributed by atoms with van der Waals surface area (Å²) in [5.41, 5.74) is 2.05. The number of nitrogens with one attached hydrogen (secondary N) is 1. The summed E-state index contributed by atoms with van der Waals surface area (Å²) in [4.78, 5) is 13.6. The molecule has 0 aliphatic heterocycles. The maximum atomic E-state index is 4.69. The second-order valence-electron chi connectivity index (χ2n) is 4.50. The largest absolute Gasteiger partial charge is 0.369 e. The Labute approximate surface area is 133 Å². The molecule has 0 saturated carbocycles. The van der Waals surface area contributed by atoms with Crippen LogP contribution in [-0.4, -0.2) is 26.1 Å². The molecule has 0 unspecified atom stereocenters. The van der Waals surface area contributed by atoms with E-state index in [1.54, 1.807) is 0 Å². The van der Waals surface area contributed by atoms with Crippen LogP contribution in [-0.2, 0) is 13.0 Å². The first-order valence-corrected chi connectivity index (χ1v) is 8.09. The van der Waals surface area contributed by atoms with E-state index in [4.69, 9.17) is 4.98 Å². The molecule has 0 saturated heterocycles. The monoisotopic (exact) mass is 385 g/mol. The van der Waals surface area contributed by atoms with Crippen LogP contribution in [0.2, 0.25) is 0 Å². The zero-order valence-electron chi connectivity index (χ0n) is 12.1. The van der Waals surface area contributed by atoms with Crippen molar-refractivity contribution in [2.45, 2.75) is 40.2 Å². The fourth-order valence-electron chi connectivity index (χ4n) is 1.96. The fraction of sp³-hybridized carbons (Fsp3) is 0.500. The van der Waals surface area contributed by atoms with Gasteiger partial charge in [-0.25, -0.2) is 15.0 Å². The predicted octanol–water partition coefficient (Wildman–Crippen LogP) is 3.35. The van der Waals surface area contributed by atoms with E-state index in [-0.39, 0.29) is 0 Å². The summed E-state index contributed by atoms with van der Waals surface area (Å²) >= 11 is 2.32. The number of imidazole rings is 1. The molecule has 5 nitrogen and oxygen atoms in total. The molecule has 1 N–H and O–H groups in total. The van der Waals surface area contributed by atoms with Gasteiger partial charge in [0.15, 0.2) is 5.82 Å². The van der Waals surface area contributed by atoms with E-state index in [0.29, 0.717) is 0 Å². The van der Waals surface area contributed by atoms with Crippen molar-refractivity contribution in [3.8, 4) is 11.5 Å². The molecule has 0 aliphatic carbocycles.